The summed E-state index contributed by atoms with van der Waals surface area (Å²) in [7, 11) is 1.69. The van der Waals surface area contributed by atoms with Gasteiger partial charge in [-0.1, -0.05) is 23.9 Å². The number of hydrogen-bond donors (Lipinski definition) is 0. The van der Waals surface area contributed by atoms with Crippen LogP contribution < -0.4 is 4.74 Å². The van der Waals surface area contributed by atoms with Crippen LogP contribution in [0.15, 0.2) is 29.4 Å². The van der Waals surface area contributed by atoms with Gasteiger partial charge in [0, 0.05) is 7.05 Å². The Morgan fingerprint density at radius 1 is 1.46 bits per heavy atom. The molecule has 0 radical (unpaired) electrons. The molecule has 0 bridgehead atoms. The van der Waals surface area contributed by atoms with E-state index in [2.05, 4.69) is 15.5 Å². The van der Waals surface area contributed by atoms with Crippen LogP contribution in [0.2, 0.25) is 0 Å². The molecule has 1 aliphatic carbocycles. The molecule has 2 aromatic rings. The number of nitrogens with zero attached hydrogens (tertiary/aromatic N) is 5. The van der Waals surface area contributed by atoms with Gasteiger partial charge in [0.2, 0.25) is 11.1 Å². The first-order valence-electron chi connectivity index (χ1n) is 7.67. The highest BCUT2D eigenvalue weighted by Gasteiger charge is 2.28. The number of rotatable bonds is 8. The molecule has 0 atom stereocenters. The fourth-order valence-corrected chi connectivity index (χ4v) is 2.93. The van der Waals surface area contributed by atoms with Crippen molar-refractivity contribution in [2.45, 2.75) is 24.0 Å². The maximum atomic E-state index is 13.4. The lowest BCUT2D eigenvalue weighted by atomic mass is 10.3. The number of carbonyl (C=O) groups excluding carboxylic acids is 1. The minimum Gasteiger partial charge on any atom is -0.489 e. The van der Waals surface area contributed by atoms with Crippen molar-refractivity contribution in [3.05, 3.63) is 30.1 Å². The quantitative estimate of drug-likeness (QED) is 0.675. The molecule has 1 aromatic heterocycles. The second kappa shape index (κ2) is 7.61. The first-order valence-corrected chi connectivity index (χ1v) is 8.65. The third-order valence-electron chi connectivity index (χ3n) is 3.63. The number of ether oxygens (including phenoxy) is 1. The zero-order chi connectivity index (χ0) is 16.9. The summed E-state index contributed by atoms with van der Waals surface area (Å²) >= 11 is 1.33. The second-order valence-electron chi connectivity index (χ2n) is 5.52. The van der Waals surface area contributed by atoms with E-state index in [1.165, 1.54) is 17.8 Å². The van der Waals surface area contributed by atoms with Gasteiger partial charge in [0.1, 0.15) is 6.61 Å². The number of halogens is 1. The molecule has 0 aliphatic heterocycles. The maximum absolute atomic E-state index is 13.4. The smallest absolute Gasteiger partial charge is 0.232 e. The molecule has 1 amide bonds. The topological polar surface area (TPSA) is 73.1 Å². The molecule has 24 heavy (non-hydrogen) atoms. The molecule has 0 N–H and O–H groups in total. The Hall–Kier alpha value is -2.16. The number of likely N-dealkylation sites (N-methyl/N-ethyl adjacent to an activating group) is 1. The van der Waals surface area contributed by atoms with E-state index < -0.39 is 5.82 Å². The standard InChI is InChI=1S/C15H18FN5O2S/c1-20(8-9-23-13-5-3-2-4-12(13)16)14(22)10-24-15-17-18-19-21(15)11-6-7-11/h2-5,11H,6-10H2,1H3. The number of tetrazole rings is 1. The van der Waals surface area contributed by atoms with Crippen LogP contribution in [-0.2, 0) is 4.79 Å². The van der Waals surface area contributed by atoms with Crippen LogP contribution >= 0.6 is 11.8 Å². The highest BCUT2D eigenvalue weighted by molar-refractivity contribution is 7.99. The van der Waals surface area contributed by atoms with Crippen molar-refractivity contribution < 1.29 is 13.9 Å². The van der Waals surface area contributed by atoms with Gasteiger partial charge in [0.15, 0.2) is 11.6 Å². The summed E-state index contributed by atoms with van der Waals surface area (Å²) < 4.78 is 20.6. The molecule has 128 valence electrons. The largest absolute Gasteiger partial charge is 0.489 e. The molecule has 1 fully saturated rings. The van der Waals surface area contributed by atoms with E-state index in [1.54, 1.807) is 34.8 Å². The van der Waals surface area contributed by atoms with Crippen LogP contribution in [0.5, 0.6) is 5.75 Å². The average Bonchev–Trinajstić information content (AvgIpc) is 3.32. The summed E-state index contributed by atoms with van der Waals surface area (Å²) in [6, 6.07) is 6.58. The molecule has 3 rings (SSSR count). The first-order chi connectivity index (χ1) is 11.6. The number of thioether (sulfide) groups is 1. The molecule has 1 aliphatic rings. The molecule has 0 spiro atoms. The number of carbonyl (C=O) groups is 1. The van der Waals surface area contributed by atoms with Crippen LogP contribution in [0.4, 0.5) is 4.39 Å². The molecular weight excluding hydrogens is 333 g/mol. The second-order valence-corrected chi connectivity index (χ2v) is 6.46. The van der Waals surface area contributed by atoms with E-state index in [4.69, 9.17) is 4.74 Å². The van der Waals surface area contributed by atoms with Gasteiger partial charge in [-0.25, -0.2) is 9.07 Å². The molecule has 0 saturated heterocycles. The van der Waals surface area contributed by atoms with Crippen molar-refractivity contribution in [3.8, 4) is 5.75 Å². The van der Waals surface area contributed by atoms with Crippen molar-refractivity contribution in [2.75, 3.05) is 26.0 Å². The van der Waals surface area contributed by atoms with Crippen molar-refractivity contribution >= 4 is 17.7 Å². The van der Waals surface area contributed by atoms with Crippen LogP contribution in [-0.4, -0.2) is 57.0 Å². The third kappa shape index (κ3) is 4.22. The Labute approximate surface area is 143 Å². The molecule has 1 saturated carbocycles. The van der Waals surface area contributed by atoms with Gasteiger partial charge >= 0.3 is 0 Å². The van der Waals surface area contributed by atoms with Crippen LogP contribution in [0.3, 0.4) is 0 Å². The number of amides is 1. The van der Waals surface area contributed by atoms with Gasteiger partial charge in [-0.15, -0.1) is 5.10 Å². The van der Waals surface area contributed by atoms with Gasteiger partial charge < -0.3 is 9.64 Å². The maximum Gasteiger partial charge on any atom is 0.232 e. The Kier molecular flexibility index (Phi) is 5.29. The lowest BCUT2D eigenvalue weighted by molar-refractivity contribution is -0.127. The molecule has 1 heterocycles. The van der Waals surface area contributed by atoms with Gasteiger partial charge in [-0.2, -0.15) is 0 Å². The van der Waals surface area contributed by atoms with Gasteiger partial charge in [0.05, 0.1) is 18.3 Å². The highest BCUT2D eigenvalue weighted by atomic mass is 32.2. The number of aromatic nitrogens is 4. The number of para-hydroxylation sites is 1. The summed E-state index contributed by atoms with van der Waals surface area (Å²) in [5, 5.41) is 12.2. The van der Waals surface area contributed by atoms with Crippen molar-refractivity contribution in [2.24, 2.45) is 0 Å². The summed E-state index contributed by atoms with van der Waals surface area (Å²) in [6.07, 6.45) is 2.17. The lowest BCUT2D eigenvalue weighted by Crippen LogP contribution is -2.32. The van der Waals surface area contributed by atoms with Crippen LogP contribution in [0.1, 0.15) is 18.9 Å². The van der Waals surface area contributed by atoms with E-state index in [9.17, 15) is 9.18 Å². The summed E-state index contributed by atoms with van der Waals surface area (Å²) in [4.78, 5) is 13.7. The third-order valence-corrected chi connectivity index (χ3v) is 4.54. The Balaban J connectivity index is 1.41. The predicted molar refractivity (Wildman–Crippen MR) is 86.3 cm³/mol. The predicted octanol–water partition coefficient (Wildman–Crippen LogP) is 1.78. The summed E-state index contributed by atoms with van der Waals surface area (Å²) in [5.41, 5.74) is 0. The zero-order valence-corrected chi connectivity index (χ0v) is 14.1. The minimum atomic E-state index is -0.408. The van der Waals surface area contributed by atoms with Gasteiger partial charge in [-0.05, 0) is 35.4 Å². The monoisotopic (exact) mass is 351 g/mol. The number of hydrogen-bond acceptors (Lipinski definition) is 6. The molecule has 9 heteroatoms. The highest BCUT2D eigenvalue weighted by Crippen LogP contribution is 2.36. The normalized spacial score (nSPS) is 13.8. The van der Waals surface area contributed by atoms with Gasteiger partial charge in [0.25, 0.3) is 0 Å². The minimum absolute atomic E-state index is 0.0533. The first kappa shape index (κ1) is 16.7. The van der Waals surface area contributed by atoms with Crippen molar-refractivity contribution in [1.82, 2.24) is 25.1 Å². The molecule has 7 nitrogen and oxygen atoms in total. The van der Waals surface area contributed by atoms with Crippen molar-refractivity contribution in [1.29, 1.82) is 0 Å². The molecular formula is C15H18FN5O2S. The fourth-order valence-electron chi connectivity index (χ4n) is 2.04. The number of benzene rings is 1. The summed E-state index contributed by atoms with van der Waals surface area (Å²) in [6.45, 7) is 0.606. The SMILES string of the molecule is CN(CCOc1ccccc1F)C(=O)CSc1nnnn1C1CC1. The Morgan fingerprint density at radius 2 is 2.25 bits per heavy atom. The van der Waals surface area contributed by atoms with E-state index >= 15 is 0 Å². The van der Waals surface area contributed by atoms with E-state index in [0.717, 1.165) is 12.8 Å². The van der Waals surface area contributed by atoms with Gasteiger partial charge in [-0.3, -0.25) is 4.79 Å². The average molecular weight is 351 g/mol. The van der Waals surface area contributed by atoms with E-state index in [0.29, 0.717) is 17.7 Å². The zero-order valence-electron chi connectivity index (χ0n) is 13.3. The molecule has 1 aromatic carbocycles. The van der Waals surface area contributed by atoms with Crippen LogP contribution in [0.25, 0.3) is 0 Å². The summed E-state index contributed by atoms with van der Waals surface area (Å²) in [5.74, 6) is -0.0173. The Bertz CT molecular complexity index is 707. The fraction of sp³-hybridized carbons (Fsp3) is 0.467. The lowest BCUT2D eigenvalue weighted by Gasteiger charge is -2.17. The molecule has 0 unspecified atom stereocenters. The van der Waals surface area contributed by atoms with E-state index in [-0.39, 0.29) is 24.0 Å². The van der Waals surface area contributed by atoms with E-state index in [1.807, 2.05) is 0 Å². The van der Waals surface area contributed by atoms with Crippen molar-refractivity contribution in [3.63, 3.8) is 0 Å². The van der Waals surface area contributed by atoms with Crippen LogP contribution in [0, 0.1) is 5.82 Å². The Morgan fingerprint density at radius 3 is 3.00 bits per heavy atom.